The van der Waals surface area contributed by atoms with Gasteiger partial charge < -0.3 is 19.5 Å². The maximum Gasteiger partial charge on any atom is 0.408 e. The van der Waals surface area contributed by atoms with E-state index in [1.54, 1.807) is 22.8 Å². The molecule has 0 spiro atoms. The van der Waals surface area contributed by atoms with Crippen LogP contribution in [0.5, 0.6) is 5.75 Å². The average molecular weight is 431 g/mol. The summed E-state index contributed by atoms with van der Waals surface area (Å²) >= 11 is 0. The number of benzene rings is 1. The van der Waals surface area contributed by atoms with Crippen molar-refractivity contribution in [2.24, 2.45) is 5.92 Å². The van der Waals surface area contributed by atoms with Crippen molar-refractivity contribution in [3.05, 3.63) is 39.8 Å². The summed E-state index contributed by atoms with van der Waals surface area (Å²) < 4.78 is 7.94. The number of aliphatic hydroxyl groups is 1. The Morgan fingerprint density at radius 2 is 1.97 bits per heavy atom. The minimum absolute atomic E-state index is 0.0571. The van der Waals surface area contributed by atoms with Crippen molar-refractivity contribution in [3.63, 3.8) is 0 Å². The van der Waals surface area contributed by atoms with Gasteiger partial charge >= 0.3 is 6.09 Å². The fourth-order valence-corrected chi connectivity index (χ4v) is 3.74. The molecule has 0 saturated heterocycles. The van der Waals surface area contributed by atoms with E-state index < -0.39 is 11.6 Å². The molecule has 1 aromatic carbocycles. The van der Waals surface area contributed by atoms with Gasteiger partial charge in [0, 0.05) is 17.5 Å². The Hall–Kier alpha value is -2.54. The topological polar surface area (TPSA) is 92.0 Å². The molecule has 1 aromatic heterocycles. The van der Waals surface area contributed by atoms with Crippen LogP contribution in [-0.2, 0) is 19.7 Å². The molecule has 7 heteroatoms. The summed E-state index contributed by atoms with van der Waals surface area (Å²) in [6.45, 7) is 8.55. The van der Waals surface area contributed by atoms with Gasteiger partial charge in [0.1, 0.15) is 5.75 Å². The zero-order chi connectivity index (χ0) is 22.8. The van der Waals surface area contributed by atoms with E-state index in [0.29, 0.717) is 46.8 Å². The normalized spacial score (nSPS) is 14.1. The van der Waals surface area contributed by atoms with Crippen molar-refractivity contribution in [3.8, 4) is 5.75 Å². The number of carbonyl (C=O) groups is 1. The monoisotopic (exact) mass is 430 g/mol. The third-order valence-corrected chi connectivity index (χ3v) is 5.81. The van der Waals surface area contributed by atoms with E-state index >= 15 is 0 Å². The molecule has 0 unspecified atom stereocenters. The van der Waals surface area contributed by atoms with Gasteiger partial charge in [-0.15, -0.1) is 0 Å². The van der Waals surface area contributed by atoms with Crippen LogP contribution in [0.1, 0.15) is 64.6 Å². The Bertz CT molecular complexity index is 1000. The summed E-state index contributed by atoms with van der Waals surface area (Å²) in [6, 6.07) is 5.27. The first-order chi connectivity index (χ1) is 14.7. The van der Waals surface area contributed by atoms with Gasteiger partial charge in [-0.1, -0.05) is 19.4 Å². The number of nitrogens with zero attached hydrogens (tertiary/aromatic N) is 2. The smallest absolute Gasteiger partial charge is 0.408 e. The Labute approximate surface area is 183 Å². The van der Waals surface area contributed by atoms with Crippen LogP contribution in [0.2, 0.25) is 0 Å². The standard InChI is InChI=1S/C24H34N2O5/c1-5-6-11-31-21-19-12-17(15-27)9-10-18(19)22(28)25(13-16-7-8-16)20(21)14-26(23(29)30)24(2,3)4/h9-10,12,16,27H,5-8,11,13-15H2,1-4H3,(H,29,30). The van der Waals surface area contributed by atoms with E-state index in [2.05, 4.69) is 6.92 Å². The minimum Gasteiger partial charge on any atom is -0.491 e. The van der Waals surface area contributed by atoms with E-state index in [-0.39, 0.29) is 18.7 Å². The van der Waals surface area contributed by atoms with Crippen LogP contribution in [0.4, 0.5) is 4.79 Å². The Morgan fingerprint density at radius 1 is 1.26 bits per heavy atom. The van der Waals surface area contributed by atoms with Gasteiger partial charge in [0.15, 0.2) is 0 Å². The molecule has 0 radical (unpaired) electrons. The molecule has 0 bridgehead atoms. The highest BCUT2D eigenvalue weighted by atomic mass is 16.5. The molecule has 0 atom stereocenters. The molecule has 1 fully saturated rings. The molecular weight excluding hydrogens is 396 g/mol. The number of aromatic nitrogens is 1. The third-order valence-electron chi connectivity index (χ3n) is 5.81. The van der Waals surface area contributed by atoms with Gasteiger partial charge in [0.2, 0.25) is 0 Å². The van der Waals surface area contributed by atoms with Gasteiger partial charge in [-0.3, -0.25) is 9.69 Å². The number of carboxylic acid groups (broad SMARTS) is 1. The molecule has 2 N–H and O–H groups in total. The number of pyridine rings is 1. The highest BCUT2D eigenvalue weighted by Crippen LogP contribution is 2.35. The zero-order valence-electron chi connectivity index (χ0n) is 19.0. The number of hydrogen-bond donors (Lipinski definition) is 2. The average Bonchev–Trinajstić information content (AvgIpc) is 3.53. The van der Waals surface area contributed by atoms with Crippen molar-refractivity contribution in [2.75, 3.05) is 6.61 Å². The number of aliphatic hydroxyl groups excluding tert-OH is 1. The molecule has 1 aliphatic carbocycles. The van der Waals surface area contributed by atoms with Crippen LogP contribution in [-0.4, -0.2) is 37.9 Å². The summed E-state index contributed by atoms with van der Waals surface area (Å²) in [5.74, 6) is 0.983. The third kappa shape index (κ3) is 5.21. The number of rotatable bonds is 9. The van der Waals surface area contributed by atoms with E-state index in [1.165, 1.54) is 4.90 Å². The molecular formula is C24H34N2O5. The van der Waals surface area contributed by atoms with Crippen LogP contribution in [0, 0.1) is 5.92 Å². The first-order valence-electron chi connectivity index (χ1n) is 11.1. The van der Waals surface area contributed by atoms with Crippen LogP contribution < -0.4 is 10.3 Å². The summed E-state index contributed by atoms with van der Waals surface area (Å²) in [4.78, 5) is 26.9. The lowest BCUT2D eigenvalue weighted by atomic mass is 10.0. The Balaban J connectivity index is 2.26. The molecule has 0 aliphatic heterocycles. The second-order valence-corrected chi connectivity index (χ2v) is 9.41. The van der Waals surface area contributed by atoms with Crippen LogP contribution >= 0.6 is 0 Å². The predicted octanol–water partition coefficient (Wildman–Crippen LogP) is 4.36. The molecule has 1 aliphatic rings. The van der Waals surface area contributed by atoms with Crippen LogP contribution in [0.15, 0.2) is 23.0 Å². The maximum absolute atomic E-state index is 13.5. The summed E-state index contributed by atoms with van der Waals surface area (Å²) in [5, 5.41) is 20.7. The molecule has 7 nitrogen and oxygen atoms in total. The lowest BCUT2D eigenvalue weighted by molar-refractivity contribution is 0.0928. The molecule has 1 amide bonds. The second-order valence-electron chi connectivity index (χ2n) is 9.41. The van der Waals surface area contributed by atoms with Crippen molar-refractivity contribution >= 4 is 16.9 Å². The van der Waals surface area contributed by atoms with E-state index in [1.807, 2.05) is 20.8 Å². The number of hydrogen-bond acceptors (Lipinski definition) is 4. The molecule has 1 saturated carbocycles. The Morgan fingerprint density at radius 3 is 2.52 bits per heavy atom. The van der Waals surface area contributed by atoms with Gasteiger partial charge in [0.05, 0.1) is 30.8 Å². The number of ether oxygens (including phenoxy) is 1. The van der Waals surface area contributed by atoms with E-state index in [9.17, 15) is 19.8 Å². The number of amides is 1. The zero-order valence-corrected chi connectivity index (χ0v) is 19.0. The predicted molar refractivity (Wildman–Crippen MR) is 121 cm³/mol. The largest absolute Gasteiger partial charge is 0.491 e. The first-order valence-corrected chi connectivity index (χ1v) is 11.1. The summed E-state index contributed by atoms with van der Waals surface area (Å²) in [5.41, 5.74) is 0.495. The maximum atomic E-state index is 13.5. The van der Waals surface area contributed by atoms with Gasteiger partial charge in [-0.2, -0.15) is 0 Å². The van der Waals surface area contributed by atoms with Crippen molar-refractivity contribution in [1.29, 1.82) is 0 Å². The quantitative estimate of drug-likeness (QED) is 0.577. The van der Waals surface area contributed by atoms with E-state index in [4.69, 9.17) is 4.74 Å². The highest BCUT2D eigenvalue weighted by Gasteiger charge is 2.31. The molecule has 170 valence electrons. The number of unbranched alkanes of at least 4 members (excludes halogenated alkanes) is 1. The van der Waals surface area contributed by atoms with Gasteiger partial charge in [-0.05, 0) is 63.6 Å². The summed E-state index contributed by atoms with van der Waals surface area (Å²) in [6.07, 6.45) is 2.91. The van der Waals surface area contributed by atoms with Gasteiger partial charge in [-0.25, -0.2) is 4.79 Å². The van der Waals surface area contributed by atoms with Crippen LogP contribution in [0.3, 0.4) is 0 Å². The molecule has 31 heavy (non-hydrogen) atoms. The first kappa shape index (κ1) is 23.1. The highest BCUT2D eigenvalue weighted by molar-refractivity contribution is 5.89. The van der Waals surface area contributed by atoms with Crippen molar-refractivity contribution in [2.45, 2.75) is 78.6 Å². The van der Waals surface area contributed by atoms with Crippen molar-refractivity contribution in [1.82, 2.24) is 9.47 Å². The minimum atomic E-state index is -1.04. The fraction of sp³-hybridized carbons (Fsp3) is 0.583. The molecule has 3 rings (SSSR count). The molecule has 2 aromatic rings. The fourth-order valence-electron chi connectivity index (χ4n) is 3.74. The second kappa shape index (κ2) is 9.30. The van der Waals surface area contributed by atoms with Crippen molar-refractivity contribution < 1.29 is 19.7 Å². The molecule has 1 heterocycles. The lowest BCUT2D eigenvalue weighted by Gasteiger charge is -2.34. The lowest BCUT2D eigenvalue weighted by Crippen LogP contribution is -2.45. The van der Waals surface area contributed by atoms with E-state index in [0.717, 1.165) is 25.7 Å². The Kier molecular flexibility index (Phi) is 6.94. The van der Waals surface area contributed by atoms with Gasteiger partial charge in [0.25, 0.3) is 5.56 Å². The van der Waals surface area contributed by atoms with Crippen LogP contribution in [0.25, 0.3) is 10.8 Å². The number of fused-ring (bicyclic) bond motifs is 1. The SMILES string of the molecule is CCCCOc1c(CN(C(=O)O)C(C)(C)C)n(CC2CC2)c(=O)c2ccc(CO)cc12. The summed E-state index contributed by atoms with van der Waals surface area (Å²) in [7, 11) is 0.